The van der Waals surface area contributed by atoms with Crippen molar-refractivity contribution in [2.24, 2.45) is 11.8 Å². The van der Waals surface area contributed by atoms with Gasteiger partial charge in [0.2, 0.25) is 0 Å². The highest BCUT2D eigenvalue weighted by Crippen LogP contribution is 2.50. The van der Waals surface area contributed by atoms with Gasteiger partial charge in [0.25, 0.3) is 5.91 Å². The number of alkyl carbamates (subject to hydrolysis) is 1. The number of carboxylic acid groups (broad SMARTS) is 1. The summed E-state index contributed by atoms with van der Waals surface area (Å²) in [5, 5.41) is 13.1. The lowest BCUT2D eigenvalue weighted by Gasteiger charge is -2.30. The third-order valence-electron chi connectivity index (χ3n) is 10.3. The number of methoxy groups -OCH3 is 2. The van der Waals surface area contributed by atoms with Crippen LogP contribution in [0.5, 0.6) is 11.5 Å². The van der Waals surface area contributed by atoms with Crippen molar-refractivity contribution in [3.63, 3.8) is 0 Å². The lowest BCUT2D eigenvalue weighted by molar-refractivity contribution is -0.140. The van der Waals surface area contributed by atoms with E-state index in [1.54, 1.807) is 47.1 Å². The van der Waals surface area contributed by atoms with Crippen molar-refractivity contribution in [1.82, 2.24) is 10.2 Å². The second-order valence-corrected chi connectivity index (χ2v) is 16.6. The van der Waals surface area contributed by atoms with Crippen LogP contribution in [0.3, 0.4) is 0 Å². The molecule has 2 heterocycles. The maximum Gasteiger partial charge on any atom is 0.408 e. The zero-order valence-corrected chi connectivity index (χ0v) is 32.0. The lowest BCUT2D eigenvalue weighted by atomic mass is 9.81. The fourth-order valence-corrected chi connectivity index (χ4v) is 9.21. The third-order valence-corrected chi connectivity index (χ3v) is 11.6. The smallest absolute Gasteiger partial charge is 0.408 e. The van der Waals surface area contributed by atoms with E-state index in [0.29, 0.717) is 56.1 Å². The summed E-state index contributed by atoms with van der Waals surface area (Å²) in [7, 11) is 3.15. The van der Waals surface area contributed by atoms with Crippen LogP contribution in [0.1, 0.15) is 88.5 Å². The molecule has 1 aromatic heterocycles. The predicted octanol–water partition coefficient (Wildman–Crippen LogP) is 8.61. The highest BCUT2D eigenvalue weighted by Gasteiger charge is 2.48. The van der Waals surface area contributed by atoms with Crippen molar-refractivity contribution in [2.45, 2.75) is 89.3 Å². The SMILES string of the molecule is COc1cc(OC)cc(-c2cc([C@@H](C)CC(c3ccccc3)C(NC(=O)OC(C)(C)C)C(=O)O)c(C=C3SC(=S)N(C4CC5CCC4C5)C3=O)o2)c1. The molecule has 1 aliphatic heterocycles. The van der Waals surface area contributed by atoms with E-state index in [4.69, 9.17) is 30.8 Å². The second-order valence-electron chi connectivity index (χ2n) is 14.9. The number of hydrogen-bond acceptors (Lipinski definition) is 9. The number of benzene rings is 2. The Morgan fingerprint density at radius 1 is 1.08 bits per heavy atom. The Morgan fingerprint density at radius 2 is 1.77 bits per heavy atom. The monoisotopic (exact) mass is 746 g/mol. The Hall–Kier alpha value is -4.29. The summed E-state index contributed by atoms with van der Waals surface area (Å²) >= 11 is 7.07. The van der Waals surface area contributed by atoms with Crippen LogP contribution in [0.2, 0.25) is 0 Å². The Bertz CT molecular complexity index is 1840. The van der Waals surface area contributed by atoms with Crippen molar-refractivity contribution >= 4 is 52.3 Å². The Kier molecular flexibility index (Phi) is 11.1. The van der Waals surface area contributed by atoms with E-state index in [2.05, 4.69) is 5.32 Å². The van der Waals surface area contributed by atoms with Gasteiger partial charge >= 0.3 is 12.1 Å². The third kappa shape index (κ3) is 8.18. The van der Waals surface area contributed by atoms with Crippen molar-refractivity contribution < 1.29 is 38.1 Å². The van der Waals surface area contributed by atoms with Crippen LogP contribution in [0.25, 0.3) is 17.4 Å². The molecule has 2 N–H and O–H groups in total. The highest BCUT2D eigenvalue weighted by molar-refractivity contribution is 8.26. The quantitative estimate of drug-likeness (QED) is 0.137. The summed E-state index contributed by atoms with van der Waals surface area (Å²) in [5.74, 6) is 1.02. The molecule has 6 atom stereocenters. The van der Waals surface area contributed by atoms with Crippen LogP contribution in [0, 0.1) is 11.8 Å². The van der Waals surface area contributed by atoms with Crippen LogP contribution >= 0.6 is 24.0 Å². The minimum absolute atomic E-state index is 0.109. The molecule has 5 unspecified atom stereocenters. The summed E-state index contributed by atoms with van der Waals surface area (Å²) < 4.78 is 23.6. The molecule has 6 rings (SSSR count). The zero-order valence-electron chi connectivity index (χ0n) is 30.3. The van der Waals surface area contributed by atoms with Crippen LogP contribution in [-0.2, 0) is 14.3 Å². The summed E-state index contributed by atoms with van der Waals surface area (Å²) in [5.41, 5.74) is 1.40. The zero-order chi connectivity index (χ0) is 37.3. The molecule has 3 aromatic rings. The van der Waals surface area contributed by atoms with Crippen molar-refractivity contribution in [3.8, 4) is 22.8 Å². The first-order valence-corrected chi connectivity index (χ1v) is 18.9. The first-order valence-electron chi connectivity index (χ1n) is 17.7. The van der Waals surface area contributed by atoms with Crippen molar-refractivity contribution in [3.05, 3.63) is 76.4 Å². The van der Waals surface area contributed by atoms with Gasteiger partial charge in [-0.05, 0) is 88.0 Å². The molecule has 3 fully saturated rings. The molecular formula is C40H46N2O8S2. The number of thiocarbonyl (C=S) groups is 1. The van der Waals surface area contributed by atoms with E-state index in [1.807, 2.05) is 60.4 Å². The number of nitrogens with one attached hydrogen (secondary N) is 1. The van der Waals surface area contributed by atoms with Gasteiger partial charge in [-0.1, -0.05) is 67.7 Å². The number of carboxylic acids is 1. The van der Waals surface area contributed by atoms with Crippen molar-refractivity contribution in [1.29, 1.82) is 0 Å². The fourth-order valence-electron chi connectivity index (χ4n) is 7.86. The van der Waals surface area contributed by atoms with Gasteiger partial charge in [0.05, 0.1) is 19.1 Å². The van der Waals surface area contributed by atoms with E-state index < -0.39 is 29.6 Å². The number of hydrogen-bond donors (Lipinski definition) is 2. The van der Waals surface area contributed by atoms with E-state index >= 15 is 0 Å². The molecule has 1 saturated heterocycles. The molecule has 2 amide bonds. The van der Waals surface area contributed by atoms with Gasteiger partial charge in [-0.3, -0.25) is 9.69 Å². The number of carbonyl (C=O) groups is 3. The molecule has 12 heteroatoms. The van der Waals surface area contributed by atoms with Crippen molar-refractivity contribution in [2.75, 3.05) is 14.2 Å². The highest BCUT2D eigenvalue weighted by atomic mass is 32.2. The Labute approximate surface area is 314 Å². The minimum atomic E-state index is -1.30. The maximum absolute atomic E-state index is 14.0. The predicted molar refractivity (Wildman–Crippen MR) is 205 cm³/mol. The summed E-state index contributed by atoms with van der Waals surface area (Å²) in [6, 6.07) is 15.5. The number of rotatable bonds is 12. The lowest BCUT2D eigenvalue weighted by Crippen LogP contribution is -2.47. The molecule has 0 spiro atoms. The van der Waals surface area contributed by atoms with E-state index in [1.165, 1.54) is 18.2 Å². The molecule has 3 aliphatic rings. The normalized spacial score (nSPS) is 22.4. The van der Waals surface area contributed by atoms with Crippen LogP contribution in [-0.4, -0.2) is 64.2 Å². The minimum Gasteiger partial charge on any atom is -0.497 e. The van der Waals surface area contributed by atoms with Gasteiger partial charge in [-0.15, -0.1) is 0 Å². The summed E-state index contributed by atoms with van der Waals surface area (Å²) in [4.78, 5) is 42.0. The molecule has 2 aromatic carbocycles. The molecule has 0 radical (unpaired) electrons. The summed E-state index contributed by atoms with van der Waals surface area (Å²) in [6.45, 7) is 7.16. The number of fused-ring (bicyclic) bond motifs is 2. The van der Waals surface area contributed by atoms with Crippen LogP contribution in [0.4, 0.5) is 4.79 Å². The van der Waals surface area contributed by atoms with E-state index in [-0.39, 0.29) is 17.9 Å². The number of ether oxygens (including phenoxy) is 3. The topological polar surface area (TPSA) is 128 Å². The molecule has 2 bridgehead atoms. The maximum atomic E-state index is 14.0. The largest absolute Gasteiger partial charge is 0.497 e. The molecular weight excluding hydrogens is 701 g/mol. The molecule has 2 saturated carbocycles. The van der Waals surface area contributed by atoms with E-state index in [0.717, 1.165) is 30.4 Å². The van der Waals surface area contributed by atoms with E-state index in [9.17, 15) is 19.5 Å². The van der Waals surface area contributed by atoms with Crippen LogP contribution < -0.4 is 14.8 Å². The average molecular weight is 747 g/mol. The Morgan fingerprint density at radius 3 is 2.35 bits per heavy atom. The first kappa shape index (κ1) is 37.5. The number of carbonyl (C=O) groups excluding carboxylic acids is 2. The van der Waals surface area contributed by atoms with Crippen LogP contribution in [0.15, 0.2) is 63.9 Å². The van der Waals surface area contributed by atoms with Gasteiger partial charge in [-0.2, -0.15) is 0 Å². The van der Waals surface area contributed by atoms with Gasteiger partial charge in [-0.25, -0.2) is 9.59 Å². The first-order chi connectivity index (χ1) is 24.7. The Balaban J connectivity index is 1.38. The average Bonchev–Trinajstić information content (AvgIpc) is 3.90. The molecule has 2 aliphatic carbocycles. The van der Waals surface area contributed by atoms with Gasteiger partial charge in [0, 0.05) is 35.2 Å². The van der Waals surface area contributed by atoms with Gasteiger partial charge < -0.3 is 29.1 Å². The van der Waals surface area contributed by atoms with Gasteiger partial charge in [0.15, 0.2) is 0 Å². The molecule has 276 valence electrons. The standard InChI is InChI=1S/C40H46N2O8S2/c1-22(14-30(24-10-8-7-9-11-24)35(37(44)45)41-38(46)50-40(2,3)4)29-20-32(26-17-27(47-5)19-28(18-26)48-6)49-33(29)21-34-36(43)42(39(51)52-34)31-16-23-12-13-25(31)15-23/h7-11,17-23,25,30-31,35H,12-16H2,1-6H3,(H,41,46)(H,44,45)/t22-,23?,25?,30?,31?,35?/m0/s1. The number of furan rings is 1. The molecule has 10 nitrogen and oxygen atoms in total. The number of thioether (sulfide) groups is 1. The molecule has 52 heavy (non-hydrogen) atoms. The number of amides is 2. The summed E-state index contributed by atoms with van der Waals surface area (Å²) in [6.07, 6.45) is 5.74. The fraction of sp³-hybridized carbons (Fsp3) is 0.450. The second kappa shape index (κ2) is 15.4. The van der Waals surface area contributed by atoms with Gasteiger partial charge in [0.1, 0.15) is 39.0 Å². The number of aliphatic carboxylic acids is 1. The number of nitrogens with zero attached hydrogens (tertiary/aromatic N) is 1.